The molecule has 9 rings (SSSR count). The van der Waals surface area contributed by atoms with Gasteiger partial charge in [0, 0.05) is 27.9 Å². The second kappa shape index (κ2) is 13.4. The summed E-state index contributed by atoms with van der Waals surface area (Å²) in [7, 11) is 0. The summed E-state index contributed by atoms with van der Waals surface area (Å²) < 4.78 is 0. The fraction of sp³-hybridized carbons (Fsp3) is 0.185. The van der Waals surface area contributed by atoms with Crippen LogP contribution in [0, 0.1) is 5.92 Å². The van der Waals surface area contributed by atoms with Gasteiger partial charge in [-0.15, -0.1) is 0 Å². The Morgan fingerprint density at radius 3 is 2.07 bits per heavy atom. The van der Waals surface area contributed by atoms with Crippen LogP contribution in [0.1, 0.15) is 70.2 Å². The molecule has 0 saturated carbocycles. The fourth-order valence-corrected chi connectivity index (χ4v) is 8.89. The molecule has 7 aromatic carbocycles. The summed E-state index contributed by atoms with van der Waals surface area (Å²) in [5, 5.41) is 2.51. The Morgan fingerprint density at radius 1 is 0.564 bits per heavy atom. The first-order chi connectivity index (χ1) is 26.6. The number of hydrogen-bond acceptors (Lipinski definition) is 1. The summed E-state index contributed by atoms with van der Waals surface area (Å²) in [5.41, 5.74) is 17.9. The summed E-state index contributed by atoms with van der Waals surface area (Å²) in [6, 6.07) is 58.6. The molecule has 1 heteroatoms. The van der Waals surface area contributed by atoms with E-state index in [4.69, 9.17) is 0 Å². The molecule has 0 saturated heterocycles. The maximum Gasteiger partial charge on any atom is 0.0540 e. The van der Waals surface area contributed by atoms with Gasteiger partial charge in [0.2, 0.25) is 0 Å². The Hall–Kier alpha value is -5.92. The van der Waals surface area contributed by atoms with Crippen molar-refractivity contribution in [2.24, 2.45) is 5.92 Å². The minimum Gasteiger partial charge on any atom is -0.310 e. The average molecular weight is 712 g/mol. The van der Waals surface area contributed by atoms with Gasteiger partial charge in [0.25, 0.3) is 0 Å². The zero-order valence-electron chi connectivity index (χ0n) is 32.9. The molecule has 0 N–H and O–H groups in total. The number of allylic oxidation sites excluding steroid dienone is 3. The average Bonchev–Trinajstić information content (AvgIpc) is 3.44. The number of para-hydroxylation sites is 1. The van der Waals surface area contributed by atoms with Crippen LogP contribution in [0.25, 0.3) is 49.7 Å². The van der Waals surface area contributed by atoms with Crippen molar-refractivity contribution in [2.45, 2.75) is 58.8 Å². The molecule has 55 heavy (non-hydrogen) atoms. The van der Waals surface area contributed by atoms with Crippen LogP contribution in [-0.4, -0.2) is 0 Å². The highest BCUT2D eigenvalue weighted by atomic mass is 15.2. The van der Waals surface area contributed by atoms with Crippen molar-refractivity contribution in [1.82, 2.24) is 0 Å². The van der Waals surface area contributed by atoms with Crippen molar-refractivity contribution >= 4 is 27.7 Å². The predicted octanol–water partition coefficient (Wildman–Crippen LogP) is 14.9. The van der Waals surface area contributed by atoms with E-state index >= 15 is 0 Å². The van der Waals surface area contributed by atoms with Gasteiger partial charge >= 0.3 is 0 Å². The van der Waals surface area contributed by atoms with Crippen LogP contribution in [0.4, 0.5) is 11.4 Å². The zero-order chi connectivity index (χ0) is 37.9. The third kappa shape index (κ3) is 6.13. The molecule has 2 aliphatic carbocycles. The Labute approximate surface area is 327 Å². The van der Waals surface area contributed by atoms with Crippen molar-refractivity contribution in [3.63, 3.8) is 0 Å². The van der Waals surface area contributed by atoms with Gasteiger partial charge in [-0.25, -0.2) is 0 Å². The predicted molar refractivity (Wildman–Crippen MR) is 236 cm³/mol. The molecule has 0 heterocycles. The van der Waals surface area contributed by atoms with E-state index in [1.807, 2.05) is 0 Å². The highest BCUT2D eigenvalue weighted by Gasteiger charge is 2.39. The monoisotopic (exact) mass is 711 g/mol. The van der Waals surface area contributed by atoms with Gasteiger partial charge in [-0.2, -0.15) is 0 Å². The molecule has 1 unspecified atom stereocenters. The number of benzene rings is 7. The quantitative estimate of drug-likeness (QED) is 0.166. The molecule has 0 amide bonds. The lowest BCUT2D eigenvalue weighted by Gasteiger charge is -2.35. The van der Waals surface area contributed by atoms with E-state index in [1.165, 1.54) is 83.4 Å². The van der Waals surface area contributed by atoms with Crippen LogP contribution < -0.4 is 4.90 Å². The number of anilines is 2. The second-order valence-corrected chi connectivity index (χ2v) is 17.1. The van der Waals surface area contributed by atoms with Crippen molar-refractivity contribution in [2.75, 3.05) is 4.90 Å². The molecule has 1 nitrogen and oxygen atoms in total. The van der Waals surface area contributed by atoms with Crippen molar-refractivity contribution in [1.29, 1.82) is 0 Å². The molecule has 0 spiro atoms. The van der Waals surface area contributed by atoms with Crippen LogP contribution in [0.5, 0.6) is 0 Å². The Balaban J connectivity index is 1.26. The standard InChI is InChI=1S/C54H49N/c1-36-26-30-45(46-23-15-24-48-52(46)47-31-29-42(53(2,3)4)35-49(47)54(48,5)6)51(32-36)55(50-25-13-12-22-44(50)38-17-8-7-9-18-38)43-21-14-20-40(34-43)41-28-27-37-16-10-11-19-39(37)33-41/h7-25,27-36H,26H2,1-6H3. The molecule has 0 aromatic heterocycles. The van der Waals surface area contributed by atoms with E-state index in [2.05, 4.69) is 216 Å². The van der Waals surface area contributed by atoms with Crippen LogP contribution in [-0.2, 0) is 10.8 Å². The van der Waals surface area contributed by atoms with Gasteiger partial charge in [0.15, 0.2) is 0 Å². The summed E-state index contributed by atoms with van der Waals surface area (Å²) in [4.78, 5) is 2.54. The second-order valence-electron chi connectivity index (χ2n) is 17.1. The Kier molecular flexibility index (Phi) is 8.50. The molecule has 0 radical (unpaired) electrons. The number of nitrogens with zero attached hydrogens (tertiary/aromatic N) is 1. The van der Waals surface area contributed by atoms with E-state index < -0.39 is 0 Å². The maximum atomic E-state index is 2.54. The zero-order valence-corrected chi connectivity index (χ0v) is 32.9. The molecule has 2 aliphatic rings. The third-order valence-electron chi connectivity index (χ3n) is 11.9. The fourth-order valence-electron chi connectivity index (χ4n) is 8.89. The number of fused-ring (bicyclic) bond motifs is 4. The molecule has 270 valence electrons. The van der Waals surface area contributed by atoms with E-state index in [0.29, 0.717) is 5.92 Å². The van der Waals surface area contributed by atoms with E-state index in [9.17, 15) is 0 Å². The number of rotatable bonds is 6. The first kappa shape index (κ1) is 34.8. The van der Waals surface area contributed by atoms with Crippen LogP contribution in [0.15, 0.2) is 176 Å². The molecule has 0 aliphatic heterocycles. The normalized spacial score (nSPS) is 15.9. The van der Waals surface area contributed by atoms with Gasteiger partial charge in [-0.1, -0.05) is 187 Å². The van der Waals surface area contributed by atoms with Crippen LogP contribution in [0.3, 0.4) is 0 Å². The SMILES string of the molecule is CC1C=C(N(c2cccc(-c3ccc4ccccc4c3)c2)c2ccccc2-c2ccccc2)C(c2cccc3c2-c2ccc(C(C)(C)C)cc2C3(C)C)=CC1. The van der Waals surface area contributed by atoms with E-state index in [1.54, 1.807) is 0 Å². The minimum atomic E-state index is -0.109. The van der Waals surface area contributed by atoms with Crippen LogP contribution >= 0.6 is 0 Å². The molecular formula is C54H49N. The van der Waals surface area contributed by atoms with Crippen LogP contribution in [0.2, 0.25) is 0 Å². The van der Waals surface area contributed by atoms with Gasteiger partial charge in [-0.3, -0.25) is 0 Å². The summed E-state index contributed by atoms with van der Waals surface area (Å²) in [5.74, 6) is 0.378. The molecular weight excluding hydrogens is 663 g/mol. The maximum absolute atomic E-state index is 2.54. The van der Waals surface area contributed by atoms with Crippen molar-refractivity contribution < 1.29 is 0 Å². The highest BCUT2D eigenvalue weighted by Crippen LogP contribution is 2.54. The van der Waals surface area contributed by atoms with Gasteiger partial charge in [-0.05, 0) is 103 Å². The topological polar surface area (TPSA) is 3.24 Å². The largest absolute Gasteiger partial charge is 0.310 e. The van der Waals surface area contributed by atoms with Crippen molar-refractivity contribution in [3.05, 3.63) is 198 Å². The lowest BCUT2D eigenvalue weighted by Crippen LogP contribution is -2.22. The highest BCUT2D eigenvalue weighted by molar-refractivity contribution is 5.99. The Bertz CT molecular complexity index is 2650. The lowest BCUT2D eigenvalue weighted by molar-refractivity contribution is 0.584. The summed E-state index contributed by atoms with van der Waals surface area (Å²) in [6.45, 7) is 14.1. The van der Waals surface area contributed by atoms with E-state index in [0.717, 1.165) is 12.1 Å². The lowest BCUT2D eigenvalue weighted by atomic mass is 9.79. The molecule has 0 bridgehead atoms. The van der Waals surface area contributed by atoms with Crippen molar-refractivity contribution in [3.8, 4) is 33.4 Å². The molecule has 1 atom stereocenters. The smallest absolute Gasteiger partial charge is 0.0540 e. The summed E-state index contributed by atoms with van der Waals surface area (Å²) in [6.07, 6.45) is 6.02. The summed E-state index contributed by atoms with van der Waals surface area (Å²) >= 11 is 0. The van der Waals surface area contributed by atoms with Gasteiger partial charge in [0.05, 0.1) is 5.69 Å². The van der Waals surface area contributed by atoms with Gasteiger partial charge in [0.1, 0.15) is 0 Å². The molecule has 7 aromatic rings. The molecule has 0 fully saturated rings. The first-order valence-corrected chi connectivity index (χ1v) is 19.8. The third-order valence-corrected chi connectivity index (χ3v) is 11.9. The Morgan fingerprint density at radius 2 is 1.25 bits per heavy atom. The minimum absolute atomic E-state index is 0.0781. The van der Waals surface area contributed by atoms with Gasteiger partial charge < -0.3 is 4.90 Å². The van der Waals surface area contributed by atoms with E-state index in [-0.39, 0.29) is 10.8 Å². The number of hydrogen-bond donors (Lipinski definition) is 0. The first-order valence-electron chi connectivity index (χ1n) is 19.8.